The molecule has 0 fully saturated rings. The highest BCUT2D eigenvalue weighted by Gasteiger charge is 2.16. The van der Waals surface area contributed by atoms with Crippen LogP contribution in [0.4, 0.5) is 4.79 Å². The molecule has 0 saturated carbocycles. The van der Waals surface area contributed by atoms with Crippen LogP contribution in [0.2, 0.25) is 0 Å². The molecule has 16 heavy (non-hydrogen) atoms. The van der Waals surface area contributed by atoms with Gasteiger partial charge in [-0.3, -0.25) is 9.59 Å². The summed E-state index contributed by atoms with van der Waals surface area (Å²) in [6.07, 6.45) is -0.702. The van der Waals surface area contributed by atoms with Crippen molar-refractivity contribution in [2.24, 2.45) is 0 Å². The van der Waals surface area contributed by atoms with Gasteiger partial charge in [-0.25, -0.2) is 4.79 Å². The molecule has 0 unspecified atom stereocenters. The molecule has 1 amide bonds. The number of nitrogens with one attached hydrogen (secondary N) is 1. The number of carbonyl (C=O) groups excluding carboxylic acids is 3. The van der Waals surface area contributed by atoms with Gasteiger partial charge in [0.2, 0.25) is 0 Å². The van der Waals surface area contributed by atoms with Gasteiger partial charge >= 0.3 is 12.1 Å². The zero-order valence-corrected chi connectivity index (χ0v) is 9.96. The van der Waals surface area contributed by atoms with Gasteiger partial charge in [0, 0.05) is 0 Å². The molecule has 0 aromatic carbocycles. The first-order valence-electron chi connectivity index (χ1n) is 4.82. The SMILES string of the molecule is CC(=O)COC(=O)CNC(=O)OC(C)(C)C. The molecule has 0 heterocycles. The van der Waals surface area contributed by atoms with E-state index in [0.717, 1.165) is 0 Å². The highest BCUT2D eigenvalue weighted by atomic mass is 16.6. The average molecular weight is 231 g/mol. The number of ether oxygens (including phenoxy) is 2. The van der Waals surface area contributed by atoms with Crippen LogP contribution in [0.1, 0.15) is 27.7 Å². The van der Waals surface area contributed by atoms with Crippen LogP contribution in [0.5, 0.6) is 0 Å². The standard InChI is InChI=1S/C10H17NO5/c1-7(12)6-15-8(13)5-11-9(14)16-10(2,3)4/h5-6H2,1-4H3,(H,11,14). The maximum Gasteiger partial charge on any atom is 0.408 e. The van der Waals surface area contributed by atoms with Gasteiger partial charge in [0.05, 0.1) is 0 Å². The second-order valence-corrected chi connectivity index (χ2v) is 4.22. The second kappa shape index (κ2) is 6.09. The number of rotatable bonds is 4. The number of hydrogen-bond acceptors (Lipinski definition) is 5. The maximum atomic E-state index is 11.1. The van der Waals surface area contributed by atoms with E-state index in [1.54, 1.807) is 20.8 Å². The first kappa shape index (κ1) is 14.4. The third-order valence-corrected chi connectivity index (χ3v) is 1.21. The molecule has 0 aliphatic rings. The molecule has 0 rings (SSSR count). The van der Waals surface area contributed by atoms with Gasteiger partial charge in [-0.15, -0.1) is 0 Å². The normalized spacial score (nSPS) is 10.5. The predicted octanol–water partition coefficient (Wildman–Crippen LogP) is 0.643. The molecule has 1 N–H and O–H groups in total. The molecule has 6 heteroatoms. The minimum atomic E-state index is -0.702. The van der Waals surface area contributed by atoms with Gasteiger partial charge in [-0.1, -0.05) is 0 Å². The first-order valence-corrected chi connectivity index (χ1v) is 4.82. The number of alkyl carbamates (subject to hydrolysis) is 1. The van der Waals surface area contributed by atoms with E-state index in [1.165, 1.54) is 6.92 Å². The number of Topliss-reactive ketones (excluding diaryl/α,β-unsaturated/α-hetero) is 1. The lowest BCUT2D eigenvalue weighted by atomic mass is 10.2. The number of carbonyl (C=O) groups is 3. The molecule has 0 spiro atoms. The number of esters is 1. The third-order valence-electron chi connectivity index (χ3n) is 1.21. The number of ketones is 1. The summed E-state index contributed by atoms with van der Waals surface area (Å²) < 4.78 is 9.41. The summed E-state index contributed by atoms with van der Waals surface area (Å²) in [4.78, 5) is 32.6. The van der Waals surface area contributed by atoms with Crippen molar-refractivity contribution in [1.29, 1.82) is 0 Å². The third kappa shape index (κ3) is 8.98. The highest BCUT2D eigenvalue weighted by Crippen LogP contribution is 2.05. The lowest BCUT2D eigenvalue weighted by molar-refractivity contribution is -0.146. The molecule has 0 radical (unpaired) electrons. The van der Waals surface area contributed by atoms with Crippen molar-refractivity contribution in [3.05, 3.63) is 0 Å². The lowest BCUT2D eigenvalue weighted by Gasteiger charge is -2.19. The van der Waals surface area contributed by atoms with Crippen LogP contribution in [0.15, 0.2) is 0 Å². The summed E-state index contributed by atoms with van der Waals surface area (Å²) in [6.45, 7) is 5.83. The van der Waals surface area contributed by atoms with Crippen molar-refractivity contribution >= 4 is 17.8 Å². The van der Waals surface area contributed by atoms with Crippen molar-refractivity contribution in [3.8, 4) is 0 Å². The predicted molar refractivity (Wildman–Crippen MR) is 55.9 cm³/mol. The number of amides is 1. The van der Waals surface area contributed by atoms with Crippen LogP contribution in [0.25, 0.3) is 0 Å². The molecule has 0 aliphatic heterocycles. The quantitative estimate of drug-likeness (QED) is 0.718. The Balaban J connectivity index is 3.76. The Labute approximate surface area is 94.3 Å². The first-order chi connectivity index (χ1) is 7.20. The average Bonchev–Trinajstić information content (AvgIpc) is 2.08. The van der Waals surface area contributed by atoms with Crippen LogP contribution in [-0.2, 0) is 19.1 Å². The molecule has 0 aromatic heterocycles. The van der Waals surface area contributed by atoms with Crippen LogP contribution in [-0.4, -0.2) is 36.6 Å². The largest absolute Gasteiger partial charge is 0.456 e. The van der Waals surface area contributed by atoms with Crippen molar-refractivity contribution in [3.63, 3.8) is 0 Å². The van der Waals surface area contributed by atoms with Gasteiger partial charge in [-0.2, -0.15) is 0 Å². The zero-order valence-electron chi connectivity index (χ0n) is 9.96. The second-order valence-electron chi connectivity index (χ2n) is 4.22. The van der Waals surface area contributed by atoms with Gasteiger partial charge in [-0.05, 0) is 27.7 Å². The Kier molecular flexibility index (Phi) is 5.49. The molecule has 0 saturated heterocycles. The molecule has 0 bridgehead atoms. The molecular weight excluding hydrogens is 214 g/mol. The van der Waals surface area contributed by atoms with E-state index in [2.05, 4.69) is 10.1 Å². The molecule has 92 valence electrons. The fourth-order valence-electron chi connectivity index (χ4n) is 0.692. The minimum absolute atomic E-state index is 0.259. The molecular formula is C10H17NO5. The van der Waals surface area contributed by atoms with E-state index < -0.39 is 17.7 Å². The fourth-order valence-corrected chi connectivity index (χ4v) is 0.692. The molecule has 0 aromatic rings. The smallest absolute Gasteiger partial charge is 0.408 e. The minimum Gasteiger partial charge on any atom is -0.456 e. The van der Waals surface area contributed by atoms with Crippen LogP contribution in [0.3, 0.4) is 0 Å². The van der Waals surface area contributed by atoms with E-state index in [-0.39, 0.29) is 18.9 Å². The van der Waals surface area contributed by atoms with Gasteiger partial charge in [0.25, 0.3) is 0 Å². The summed E-state index contributed by atoms with van der Waals surface area (Å²) in [7, 11) is 0. The Morgan fingerprint density at radius 1 is 1.19 bits per heavy atom. The van der Waals surface area contributed by atoms with Crippen LogP contribution < -0.4 is 5.32 Å². The molecule has 0 atom stereocenters. The van der Waals surface area contributed by atoms with Gasteiger partial charge in [0.1, 0.15) is 18.8 Å². The summed E-state index contributed by atoms with van der Waals surface area (Å²) in [5, 5.41) is 2.22. The van der Waals surface area contributed by atoms with E-state index in [4.69, 9.17) is 4.74 Å². The Morgan fingerprint density at radius 2 is 1.75 bits per heavy atom. The van der Waals surface area contributed by atoms with E-state index in [9.17, 15) is 14.4 Å². The van der Waals surface area contributed by atoms with Gasteiger partial charge in [0.15, 0.2) is 5.78 Å². The van der Waals surface area contributed by atoms with Crippen molar-refractivity contribution < 1.29 is 23.9 Å². The topological polar surface area (TPSA) is 81.7 Å². The fraction of sp³-hybridized carbons (Fsp3) is 0.700. The van der Waals surface area contributed by atoms with Gasteiger partial charge < -0.3 is 14.8 Å². The zero-order chi connectivity index (χ0) is 12.8. The van der Waals surface area contributed by atoms with Crippen molar-refractivity contribution in [2.75, 3.05) is 13.2 Å². The van der Waals surface area contributed by atoms with Crippen molar-refractivity contribution in [2.45, 2.75) is 33.3 Å². The van der Waals surface area contributed by atoms with Crippen LogP contribution in [0, 0.1) is 0 Å². The van der Waals surface area contributed by atoms with E-state index in [1.807, 2.05) is 0 Å². The van der Waals surface area contributed by atoms with E-state index in [0.29, 0.717) is 0 Å². The number of hydrogen-bond donors (Lipinski definition) is 1. The Morgan fingerprint density at radius 3 is 2.19 bits per heavy atom. The lowest BCUT2D eigenvalue weighted by Crippen LogP contribution is -2.36. The maximum absolute atomic E-state index is 11.1. The van der Waals surface area contributed by atoms with Crippen LogP contribution >= 0.6 is 0 Å². The summed E-state index contributed by atoms with van der Waals surface area (Å²) in [5.41, 5.74) is -0.618. The summed E-state index contributed by atoms with van der Waals surface area (Å²) in [6, 6.07) is 0. The Hall–Kier alpha value is -1.59. The summed E-state index contributed by atoms with van der Waals surface area (Å²) >= 11 is 0. The summed E-state index contributed by atoms with van der Waals surface area (Å²) in [5.74, 6) is -0.938. The highest BCUT2D eigenvalue weighted by molar-refractivity contribution is 5.82. The van der Waals surface area contributed by atoms with Crippen molar-refractivity contribution in [1.82, 2.24) is 5.32 Å². The molecule has 0 aliphatic carbocycles. The molecule has 6 nitrogen and oxygen atoms in total. The van der Waals surface area contributed by atoms with E-state index >= 15 is 0 Å². The Bertz CT molecular complexity index is 279. The monoisotopic (exact) mass is 231 g/mol.